The summed E-state index contributed by atoms with van der Waals surface area (Å²) in [6, 6.07) is 14.7. The number of hydrogen-bond donors (Lipinski definition) is 0. The Balaban J connectivity index is 1.72. The van der Waals surface area contributed by atoms with E-state index in [9.17, 15) is 4.79 Å². The van der Waals surface area contributed by atoms with Crippen LogP contribution in [0.1, 0.15) is 17.1 Å². The van der Waals surface area contributed by atoms with Gasteiger partial charge in [-0.05, 0) is 61.9 Å². The standard InChI is InChI=1S/C21H15BrClN3O2/c1-12-3-5-15(23)10-17(12)20-8-6-16(28-20)11-24-26-13(2)25-19-7-4-14(22)9-18(19)21(26)27/h3-11H,1-2H3. The molecule has 0 saturated carbocycles. The third kappa shape index (κ3) is 3.53. The molecule has 0 unspecified atom stereocenters. The van der Waals surface area contributed by atoms with Crippen molar-refractivity contribution in [2.45, 2.75) is 13.8 Å². The van der Waals surface area contributed by atoms with Crippen LogP contribution in [0, 0.1) is 13.8 Å². The Morgan fingerprint density at radius 3 is 2.79 bits per heavy atom. The molecule has 28 heavy (non-hydrogen) atoms. The monoisotopic (exact) mass is 455 g/mol. The van der Waals surface area contributed by atoms with Crippen molar-refractivity contribution in [1.82, 2.24) is 9.66 Å². The van der Waals surface area contributed by atoms with Gasteiger partial charge in [-0.15, -0.1) is 0 Å². The molecular weight excluding hydrogens is 442 g/mol. The number of fused-ring (bicyclic) bond motifs is 1. The average Bonchev–Trinajstić information content (AvgIpc) is 3.13. The third-order valence-corrected chi connectivity index (χ3v) is 5.09. The maximum Gasteiger partial charge on any atom is 0.282 e. The minimum absolute atomic E-state index is 0.238. The molecule has 0 bridgehead atoms. The lowest BCUT2D eigenvalue weighted by molar-refractivity contribution is 0.573. The molecule has 5 nitrogen and oxygen atoms in total. The van der Waals surface area contributed by atoms with Crippen molar-refractivity contribution in [3.05, 3.63) is 85.5 Å². The number of aromatic nitrogens is 2. The van der Waals surface area contributed by atoms with E-state index in [0.717, 1.165) is 15.6 Å². The van der Waals surface area contributed by atoms with Crippen LogP contribution in [0.4, 0.5) is 0 Å². The highest BCUT2D eigenvalue weighted by Gasteiger charge is 2.10. The fourth-order valence-corrected chi connectivity index (χ4v) is 3.47. The lowest BCUT2D eigenvalue weighted by Gasteiger charge is -2.05. The maximum absolute atomic E-state index is 12.8. The van der Waals surface area contributed by atoms with Gasteiger partial charge in [0.15, 0.2) is 0 Å². The van der Waals surface area contributed by atoms with Crippen molar-refractivity contribution >= 4 is 44.6 Å². The fourth-order valence-electron chi connectivity index (χ4n) is 2.94. The fraction of sp³-hybridized carbons (Fsp3) is 0.0952. The second-order valence-electron chi connectivity index (χ2n) is 6.34. The Labute approximate surface area is 174 Å². The molecule has 0 N–H and O–H groups in total. The second kappa shape index (κ2) is 7.37. The Bertz CT molecular complexity index is 1290. The van der Waals surface area contributed by atoms with Crippen molar-refractivity contribution in [3.8, 4) is 11.3 Å². The minimum Gasteiger partial charge on any atom is -0.455 e. The van der Waals surface area contributed by atoms with E-state index in [0.29, 0.717) is 33.3 Å². The summed E-state index contributed by atoms with van der Waals surface area (Å²) in [7, 11) is 0. The molecule has 0 atom stereocenters. The quantitative estimate of drug-likeness (QED) is 0.379. The molecule has 2 aromatic heterocycles. The molecule has 0 fully saturated rings. The van der Waals surface area contributed by atoms with Crippen LogP contribution < -0.4 is 5.56 Å². The predicted octanol–water partition coefficient (Wildman–Crippen LogP) is 5.57. The summed E-state index contributed by atoms with van der Waals surface area (Å²) in [5, 5.41) is 5.42. The summed E-state index contributed by atoms with van der Waals surface area (Å²) < 4.78 is 7.94. The summed E-state index contributed by atoms with van der Waals surface area (Å²) in [5.41, 5.74) is 2.36. The van der Waals surface area contributed by atoms with E-state index in [2.05, 4.69) is 26.0 Å². The summed E-state index contributed by atoms with van der Waals surface area (Å²) in [6.07, 6.45) is 1.50. The van der Waals surface area contributed by atoms with Crippen LogP contribution in [-0.4, -0.2) is 15.9 Å². The Kier molecular flexibility index (Phi) is 4.91. The molecule has 4 aromatic rings. The van der Waals surface area contributed by atoms with Crippen molar-refractivity contribution in [2.75, 3.05) is 0 Å². The van der Waals surface area contributed by atoms with Crippen LogP contribution in [0.25, 0.3) is 22.2 Å². The molecule has 0 amide bonds. The van der Waals surface area contributed by atoms with Crippen LogP contribution >= 0.6 is 27.5 Å². The topological polar surface area (TPSA) is 60.4 Å². The summed E-state index contributed by atoms with van der Waals surface area (Å²) in [6.45, 7) is 3.73. The minimum atomic E-state index is -0.238. The first-order chi connectivity index (χ1) is 13.4. The van der Waals surface area contributed by atoms with Crippen molar-refractivity contribution in [1.29, 1.82) is 0 Å². The lowest BCUT2D eigenvalue weighted by Crippen LogP contribution is -2.20. The summed E-state index contributed by atoms with van der Waals surface area (Å²) in [5.74, 6) is 1.70. The van der Waals surface area contributed by atoms with Gasteiger partial charge < -0.3 is 4.42 Å². The van der Waals surface area contributed by atoms with E-state index < -0.39 is 0 Å². The van der Waals surface area contributed by atoms with E-state index in [1.54, 1.807) is 25.1 Å². The molecule has 0 aliphatic heterocycles. The number of furan rings is 1. The second-order valence-corrected chi connectivity index (χ2v) is 7.70. The number of rotatable bonds is 3. The van der Waals surface area contributed by atoms with Crippen LogP contribution in [-0.2, 0) is 0 Å². The smallest absolute Gasteiger partial charge is 0.282 e. The maximum atomic E-state index is 12.8. The molecule has 7 heteroatoms. The van der Waals surface area contributed by atoms with Gasteiger partial charge >= 0.3 is 0 Å². The number of hydrogen-bond acceptors (Lipinski definition) is 4. The SMILES string of the molecule is Cc1ccc(Cl)cc1-c1ccc(C=Nn2c(C)nc3ccc(Br)cc3c2=O)o1. The van der Waals surface area contributed by atoms with Crippen LogP contribution in [0.5, 0.6) is 0 Å². The van der Waals surface area contributed by atoms with E-state index in [4.69, 9.17) is 16.0 Å². The van der Waals surface area contributed by atoms with Gasteiger partial charge in [-0.1, -0.05) is 33.6 Å². The van der Waals surface area contributed by atoms with E-state index >= 15 is 0 Å². The predicted molar refractivity (Wildman–Crippen MR) is 115 cm³/mol. The average molecular weight is 457 g/mol. The molecule has 2 heterocycles. The lowest BCUT2D eigenvalue weighted by atomic mass is 10.1. The van der Waals surface area contributed by atoms with Gasteiger partial charge in [0.25, 0.3) is 5.56 Å². The third-order valence-electron chi connectivity index (χ3n) is 4.36. The molecule has 2 aromatic carbocycles. The highest BCUT2D eigenvalue weighted by atomic mass is 79.9. The van der Waals surface area contributed by atoms with Crippen LogP contribution in [0.15, 0.2) is 67.3 Å². The highest BCUT2D eigenvalue weighted by molar-refractivity contribution is 9.10. The number of nitrogens with zero attached hydrogens (tertiary/aromatic N) is 3. The zero-order valence-electron chi connectivity index (χ0n) is 15.1. The van der Waals surface area contributed by atoms with Gasteiger partial charge in [0.2, 0.25) is 0 Å². The van der Waals surface area contributed by atoms with Gasteiger partial charge in [-0.2, -0.15) is 9.78 Å². The van der Waals surface area contributed by atoms with Crippen molar-refractivity contribution in [2.24, 2.45) is 5.10 Å². The van der Waals surface area contributed by atoms with E-state index in [1.165, 1.54) is 10.9 Å². The molecule has 0 radical (unpaired) electrons. The number of aryl methyl sites for hydroxylation is 2. The Morgan fingerprint density at radius 2 is 1.96 bits per heavy atom. The molecule has 0 aliphatic rings. The van der Waals surface area contributed by atoms with Gasteiger partial charge in [0.1, 0.15) is 17.3 Å². The largest absolute Gasteiger partial charge is 0.455 e. The first-order valence-corrected chi connectivity index (χ1v) is 9.69. The molecule has 0 spiro atoms. The highest BCUT2D eigenvalue weighted by Crippen LogP contribution is 2.28. The molecule has 0 saturated heterocycles. The number of benzene rings is 2. The number of halogens is 2. The van der Waals surface area contributed by atoms with E-state index in [-0.39, 0.29) is 5.56 Å². The summed E-state index contributed by atoms with van der Waals surface area (Å²) in [4.78, 5) is 17.2. The van der Waals surface area contributed by atoms with Crippen molar-refractivity contribution < 1.29 is 4.42 Å². The first-order valence-electron chi connectivity index (χ1n) is 8.52. The van der Waals surface area contributed by atoms with Gasteiger partial charge in [-0.3, -0.25) is 4.79 Å². The van der Waals surface area contributed by atoms with Gasteiger partial charge in [0.05, 0.1) is 17.1 Å². The van der Waals surface area contributed by atoms with Crippen LogP contribution in [0.3, 0.4) is 0 Å². The Morgan fingerprint density at radius 1 is 1.14 bits per heavy atom. The first kappa shape index (κ1) is 18.7. The molecular formula is C21H15BrClN3O2. The van der Waals surface area contributed by atoms with E-state index in [1.807, 2.05) is 37.3 Å². The van der Waals surface area contributed by atoms with Crippen LogP contribution in [0.2, 0.25) is 5.02 Å². The zero-order valence-corrected chi connectivity index (χ0v) is 17.5. The molecule has 140 valence electrons. The normalized spacial score (nSPS) is 11.6. The van der Waals surface area contributed by atoms with Gasteiger partial charge in [-0.25, -0.2) is 4.98 Å². The van der Waals surface area contributed by atoms with Crippen molar-refractivity contribution in [3.63, 3.8) is 0 Å². The van der Waals surface area contributed by atoms with Gasteiger partial charge in [0, 0.05) is 15.1 Å². The summed E-state index contributed by atoms with van der Waals surface area (Å²) >= 11 is 9.47. The zero-order chi connectivity index (χ0) is 19.8. The molecule has 0 aliphatic carbocycles. The molecule has 4 rings (SSSR count). The Hall–Kier alpha value is -2.70.